The van der Waals surface area contributed by atoms with E-state index in [1.54, 1.807) is 0 Å². The van der Waals surface area contributed by atoms with E-state index in [4.69, 9.17) is 25.1 Å². The predicted molar refractivity (Wildman–Crippen MR) is 98.9 cm³/mol. The molecule has 0 amide bonds. The summed E-state index contributed by atoms with van der Waals surface area (Å²) in [7, 11) is 0. The molecular weight excluding hydrogens is 334 g/mol. The molecule has 0 aliphatic carbocycles. The average Bonchev–Trinajstić information content (AvgIpc) is 2.63. The molecule has 0 aliphatic heterocycles. The highest BCUT2D eigenvalue weighted by Crippen LogP contribution is 2.29. The molecule has 0 fully saturated rings. The van der Waals surface area contributed by atoms with Crippen molar-refractivity contribution in [2.75, 3.05) is 13.2 Å². The van der Waals surface area contributed by atoms with Gasteiger partial charge in [-0.3, -0.25) is 4.79 Å². The standard InChI is InChI=1S/C20H25NO5/c1-3-24-18-10-7-15(12-19(18)25-4-2)13-26-16-8-5-14(6-9-16)11-17(21)20(22)23/h5-10,12,17H,3-4,11,13,21H2,1-2H3,(H,22,23). The minimum Gasteiger partial charge on any atom is -0.490 e. The van der Waals surface area contributed by atoms with E-state index in [1.807, 2.05) is 56.3 Å². The van der Waals surface area contributed by atoms with Crippen LogP contribution >= 0.6 is 0 Å². The molecule has 0 heterocycles. The molecule has 6 heteroatoms. The van der Waals surface area contributed by atoms with E-state index in [-0.39, 0.29) is 6.42 Å². The zero-order valence-corrected chi connectivity index (χ0v) is 15.1. The second-order valence-corrected chi connectivity index (χ2v) is 5.73. The van der Waals surface area contributed by atoms with Gasteiger partial charge < -0.3 is 25.1 Å². The van der Waals surface area contributed by atoms with E-state index in [9.17, 15) is 4.79 Å². The summed E-state index contributed by atoms with van der Waals surface area (Å²) in [4.78, 5) is 10.8. The van der Waals surface area contributed by atoms with Crippen LogP contribution < -0.4 is 19.9 Å². The smallest absolute Gasteiger partial charge is 0.320 e. The van der Waals surface area contributed by atoms with E-state index in [0.717, 1.165) is 16.9 Å². The molecule has 1 unspecified atom stereocenters. The van der Waals surface area contributed by atoms with Crippen molar-refractivity contribution in [3.05, 3.63) is 53.6 Å². The van der Waals surface area contributed by atoms with E-state index in [2.05, 4.69) is 0 Å². The second-order valence-electron chi connectivity index (χ2n) is 5.73. The third kappa shape index (κ3) is 5.67. The zero-order valence-electron chi connectivity index (χ0n) is 15.1. The quantitative estimate of drug-likeness (QED) is 0.678. The number of rotatable bonds is 10. The number of nitrogens with two attached hydrogens (primary N) is 1. The number of benzene rings is 2. The molecule has 6 nitrogen and oxygen atoms in total. The first-order valence-electron chi connectivity index (χ1n) is 8.62. The lowest BCUT2D eigenvalue weighted by molar-refractivity contribution is -0.138. The van der Waals surface area contributed by atoms with Gasteiger partial charge in [-0.05, 0) is 55.7 Å². The molecule has 0 bridgehead atoms. The maximum atomic E-state index is 10.8. The van der Waals surface area contributed by atoms with Gasteiger partial charge in [-0.25, -0.2) is 0 Å². The minimum atomic E-state index is -1.01. The van der Waals surface area contributed by atoms with Crippen LogP contribution in [0.3, 0.4) is 0 Å². The Bertz CT molecular complexity index is 715. The molecule has 0 aromatic heterocycles. The molecule has 2 aromatic carbocycles. The van der Waals surface area contributed by atoms with Gasteiger partial charge in [0.1, 0.15) is 18.4 Å². The highest BCUT2D eigenvalue weighted by Gasteiger charge is 2.12. The Morgan fingerprint density at radius 2 is 1.58 bits per heavy atom. The van der Waals surface area contributed by atoms with Crippen LogP contribution in [0, 0.1) is 0 Å². The van der Waals surface area contributed by atoms with Crippen LogP contribution in [0.25, 0.3) is 0 Å². The van der Waals surface area contributed by atoms with Gasteiger partial charge in [0.15, 0.2) is 11.5 Å². The minimum absolute atomic E-state index is 0.284. The zero-order chi connectivity index (χ0) is 18.9. The van der Waals surface area contributed by atoms with Crippen molar-refractivity contribution in [1.82, 2.24) is 0 Å². The van der Waals surface area contributed by atoms with Crippen LogP contribution in [-0.4, -0.2) is 30.3 Å². The number of hydrogen-bond donors (Lipinski definition) is 2. The fourth-order valence-corrected chi connectivity index (χ4v) is 2.41. The summed E-state index contributed by atoms with van der Waals surface area (Å²) in [6.07, 6.45) is 0.284. The summed E-state index contributed by atoms with van der Waals surface area (Å²) >= 11 is 0. The molecule has 140 valence electrons. The van der Waals surface area contributed by atoms with Crippen molar-refractivity contribution in [3.8, 4) is 17.2 Å². The van der Waals surface area contributed by atoms with Crippen molar-refractivity contribution in [2.24, 2.45) is 5.73 Å². The molecule has 0 radical (unpaired) electrons. The molecule has 0 aliphatic rings. The topological polar surface area (TPSA) is 91.0 Å². The van der Waals surface area contributed by atoms with Crippen LogP contribution in [0.1, 0.15) is 25.0 Å². The van der Waals surface area contributed by atoms with Crippen molar-refractivity contribution in [2.45, 2.75) is 32.9 Å². The van der Waals surface area contributed by atoms with Gasteiger partial charge in [-0.1, -0.05) is 18.2 Å². The Hall–Kier alpha value is -2.73. The molecular formula is C20H25NO5. The van der Waals surface area contributed by atoms with Gasteiger partial charge in [0.25, 0.3) is 0 Å². The molecule has 2 aromatic rings. The Kier molecular flexibility index (Phi) is 7.29. The third-order valence-electron chi connectivity index (χ3n) is 3.71. The molecule has 3 N–H and O–H groups in total. The van der Waals surface area contributed by atoms with Gasteiger partial charge in [0.05, 0.1) is 13.2 Å². The van der Waals surface area contributed by atoms with Crippen LogP contribution in [0.15, 0.2) is 42.5 Å². The van der Waals surface area contributed by atoms with Crippen molar-refractivity contribution < 1.29 is 24.1 Å². The summed E-state index contributed by atoms with van der Waals surface area (Å²) in [6, 6.07) is 12.1. The van der Waals surface area contributed by atoms with Gasteiger partial charge in [0.2, 0.25) is 0 Å². The first-order chi connectivity index (χ1) is 12.5. The number of carboxylic acid groups (broad SMARTS) is 1. The molecule has 1 atom stereocenters. The maximum absolute atomic E-state index is 10.8. The second kappa shape index (κ2) is 9.68. The summed E-state index contributed by atoms with van der Waals surface area (Å²) < 4.78 is 17.0. The highest BCUT2D eigenvalue weighted by atomic mass is 16.5. The van der Waals surface area contributed by atoms with Crippen LogP contribution in [0.2, 0.25) is 0 Å². The number of carbonyl (C=O) groups is 1. The lowest BCUT2D eigenvalue weighted by Gasteiger charge is -2.13. The number of ether oxygens (including phenoxy) is 3. The number of hydrogen-bond acceptors (Lipinski definition) is 5. The summed E-state index contributed by atoms with van der Waals surface area (Å²) in [6.45, 7) is 5.38. The van der Waals surface area contributed by atoms with Gasteiger partial charge in [0, 0.05) is 0 Å². The van der Waals surface area contributed by atoms with E-state index >= 15 is 0 Å². The van der Waals surface area contributed by atoms with Gasteiger partial charge >= 0.3 is 5.97 Å². The van der Waals surface area contributed by atoms with Crippen molar-refractivity contribution in [3.63, 3.8) is 0 Å². The maximum Gasteiger partial charge on any atom is 0.320 e. The monoisotopic (exact) mass is 359 g/mol. The Morgan fingerprint density at radius 3 is 2.19 bits per heavy atom. The average molecular weight is 359 g/mol. The van der Waals surface area contributed by atoms with Gasteiger partial charge in [-0.15, -0.1) is 0 Å². The molecule has 26 heavy (non-hydrogen) atoms. The molecule has 0 saturated carbocycles. The first kappa shape index (κ1) is 19.6. The lowest BCUT2D eigenvalue weighted by atomic mass is 10.1. The van der Waals surface area contributed by atoms with Crippen LogP contribution in [0.4, 0.5) is 0 Å². The van der Waals surface area contributed by atoms with Crippen molar-refractivity contribution in [1.29, 1.82) is 0 Å². The fourth-order valence-electron chi connectivity index (χ4n) is 2.41. The molecule has 2 rings (SSSR count). The normalized spacial score (nSPS) is 11.7. The van der Waals surface area contributed by atoms with E-state index < -0.39 is 12.0 Å². The number of carboxylic acids is 1. The molecule has 0 saturated heterocycles. The molecule has 0 spiro atoms. The highest BCUT2D eigenvalue weighted by molar-refractivity contribution is 5.73. The Labute approximate surface area is 153 Å². The fraction of sp³-hybridized carbons (Fsp3) is 0.350. The Balaban J connectivity index is 1.97. The summed E-state index contributed by atoms with van der Waals surface area (Å²) in [5, 5.41) is 8.85. The first-order valence-corrected chi connectivity index (χ1v) is 8.62. The lowest BCUT2D eigenvalue weighted by Crippen LogP contribution is -2.32. The Morgan fingerprint density at radius 1 is 0.962 bits per heavy atom. The van der Waals surface area contributed by atoms with E-state index in [0.29, 0.717) is 31.3 Å². The van der Waals surface area contributed by atoms with Crippen LogP contribution in [0.5, 0.6) is 17.2 Å². The third-order valence-corrected chi connectivity index (χ3v) is 3.71. The van der Waals surface area contributed by atoms with Gasteiger partial charge in [-0.2, -0.15) is 0 Å². The summed E-state index contributed by atoms with van der Waals surface area (Å²) in [5.41, 5.74) is 7.36. The number of aliphatic carboxylic acids is 1. The summed E-state index contributed by atoms with van der Waals surface area (Å²) in [5.74, 6) is 1.11. The van der Waals surface area contributed by atoms with Crippen LogP contribution in [-0.2, 0) is 17.8 Å². The largest absolute Gasteiger partial charge is 0.490 e. The van der Waals surface area contributed by atoms with Crippen molar-refractivity contribution >= 4 is 5.97 Å². The predicted octanol–water partition coefficient (Wildman–Crippen LogP) is 3.02. The van der Waals surface area contributed by atoms with E-state index in [1.165, 1.54) is 0 Å². The SMILES string of the molecule is CCOc1ccc(COc2ccc(CC(N)C(=O)O)cc2)cc1OCC.